The van der Waals surface area contributed by atoms with E-state index in [1.807, 2.05) is 0 Å². The quantitative estimate of drug-likeness (QED) is 0.705. The third-order valence-corrected chi connectivity index (χ3v) is 2.59. The summed E-state index contributed by atoms with van der Waals surface area (Å²) in [6.07, 6.45) is 2.79. The summed E-state index contributed by atoms with van der Waals surface area (Å²) in [7, 11) is -2.42. The molecule has 98 valence electrons. The molecule has 9 heteroatoms. The molecule has 0 aliphatic rings. The number of carbonyl (C=O) groups excluding carboxylic acids is 1. The van der Waals surface area contributed by atoms with Gasteiger partial charge in [-0.05, 0) is 18.2 Å². The minimum atomic E-state index is -2.42. The van der Waals surface area contributed by atoms with E-state index in [1.54, 1.807) is 18.2 Å². The highest BCUT2D eigenvalue weighted by atomic mass is 32.2. The van der Waals surface area contributed by atoms with E-state index in [1.165, 1.54) is 18.5 Å². The maximum Gasteiger partial charge on any atom is 0.327 e. The van der Waals surface area contributed by atoms with E-state index in [4.69, 9.17) is 0 Å². The average molecular weight is 279 g/mol. The number of anilines is 2. The van der Waals surface area contributed by atoms with Crippen LogP contribution in [0.5, 0.6) is 0 Å². The zero-order valence-corrected chi connectivity index (χ0v) is 10.3. The fourth-order valence-corrected chi connectivity index (χ4v) is 1.57. The van der Waals surface area contributed by atoms with Crippen LogP contribution in [-0.2, 0) is 10.3 Å². The van der Waals surface area contributed by atoms with Crippen molar-refractivity contribution in [1.29, 1.82) is 0 Å². The first kappa shape index (κ1) is 12.8. The summed E-state index contributed by atoms with van der Waals surface area (Å²) in [6.45, 7) is 0. The van der Waals surface area contributed by atoms with Crippen molar-refractivity contribution in [3.8, 4) is 0 Å². The largest absolute Gasteiger partial charge is 0.327 e. The first-order valence-electron chi connectivity index (χ1n) is 5.12. The number of H-pyrrole nitrogens is 1. The minimum Gasteiger partial charge on any atom is -0.313 e. The van der Waals surface area contributed by atoms with Crippen molar-refractivity contribution in [2.75, 3.05) is 10.6 Å². The van der Waals surface area contributed by atoms with Crippen LogP contribution in [0.2, 0.25) is 0 Å². The standard InChI is InChI=1S/C10H9N5O3S/c16-10(13-7-3-1-2-5-11-7)15-9-12-6-4-8(14-9)19(17)18/h1-6H,(H3,11,12,13,14,15,16). The van der Waals surface area contributed by atoms with E-state index in [2.05, 4.69) is 25.6 Å². The van der Waals surface area contributed by atoms with Crippen LogP contribution in [0.25, 0.3) is 0 Å². The molecule has 0 saturated carbocycles. The molecule has 0 spiro atoms. The minimum absolute atomic E-state index is 0.00938. The fourth-order valence-electron chi connectivity index (χ4n) is 1.22. The number of rotatable bonds is 2. The molecule has 0 atom stereocenters. The predicted molar refractivity (Wildman–Crippen MR) is 67.6 cm³/mol. The number of urea groups is 1. The maximum atomic E-state index is 11.6. The molecule has 0 aliphatic heterocycles. The van der Waals surface area contributed by atoms with E-state index in [0.29, 0.717) is 5.82 Å². The molecule has 0 unspecified atom stereocenters. The maximum absolute atomic E-state index is 11.6. The van der Waals surface area contributed by atoms with Crippen molar-refractivity contribution in [3.05, 3.63) is 41.3 Å². The van der Waals surface area contributed by atoms with Gasteiger partial charge in [0.1, 0.15) is 5.82 Å². The molecular formula is C10H9N5O3S. The third-order valence-electron chi connectivity index (χ3n) is 1.99. The van der Waals surface area contributed by atoms with E-state index in [0.717, 1.165) is 0 Å². The molecule has 0 fully saturated rings. The summed E-state index contributed by atoms with van der Waals surface area (Å²) in [6, 6.07) is 5.72. The van der Waals surface area contributed by atoms with Gasteiger partial charge in [0.15, 0.2) is 4.64 Å². The Morgan fingerprint density at radius 1 is 1.11 bits per heavy atom. The Hall–Kier alpha value is -2.68. The van der Waals surface area contributed by atoms with Gasteiger partial charge in [-0.25, -0.2) is 14.8 Å². The van der Waals surface area contributed by atoms with Gasteiger partial charge >= 0.3 is 6.03 Å². The van der Waals surface area contributed by atoms with Gasteiger partial charge in [0.25, 0.3) is 0 Å². The van der Waals surface area contributed by atoms with Gasteiger partial charge in [-0.2, -0.15) is 8.42 Å². The van der Waals surface area contributed by atoms with Gasteiger partial charge in [-0.1, -0.05) is 6.07 Å². The van der Waals surface area contributed by atoms with Crippen LogP contribution < -0.4 is 10.6 Å². The van der Waals surface area contributed by atoms with Crippen LogP contribution in [0.15, 0.2) is 36.7 Å². The number of nitrogens with one attached hydrogen (secondary N) is 3. The lowest BCUT2D eigenvalue weighted by atomic mass is 10.5. The lowest BCUT2D eigenvalue weighted by Gasteiger charge is -2.05. The fraction of sp³-hybridized carbons (Fsp3) is 0. The molecule has 0 saturated heterocycles. The van der Waals surface area contributed by atoms with Crippen molar-refractivity contribution in [2.45, 2.75) is 0 Å². The molecule has 3 N–H and O–H groups in total. The van der Waals surface area contributed by atoms with E-state index >= 15 is 0 Å². The zero-order chi connectivity index (χ0) is 13.7. The highest BCUT2D eigenvalue weighted by molar-refractivity contribution is 7.63. The second-order valence-electron chi connectivity index (χ2n) is 3.31. The molecule has 2 aromatic rings. The van der Waals surface area contributed by atoms with Gasteiger partial charge in [-0.3, -0.25) is 10.6 Å². The van der Waals surface area contributed by atoms with Crippen LogP contribution in [0.1, 0.15) is 0 Å². The van der Waals surface area contributed by atoms with Gasteiger partial charge < -0.3 is 4.98 Å². The Labute approximate surface area is 109 Å². The number of pyridine rings is 1. The molecule has 0 radical (unpaired) electrons. The van der Waals surface area contributed by atoms with E-state index < -0.39 is 16.3 Å². The van der Waals surface area contributed by atoms with Crippen molar-refractivity contribution in [2.24, 2.45) is 0 Å². The number of aromatic amines is 1. The summed E-state index contributed by atoms with van der Waals surface area (Å²) >= 11 is 0. The third kappa shape index (κ3) is 3.64. The van der Waals surface area contributed by atoms with Crippen LogP contribution in [0, 0.1) is 4.64 Å². The molecule has 8 nitrogen and oxygen atoms in total. The molecule has 0 bridgehead atoms. The van der Waals surface area contributed by atoms with Crippen LogP contribution in [0.4, 0.5) is 16.6 Å². The molecule has 0 aromatic carbocycles. The molecule has 2 amide bonds. The second kappa shape index (κ2) is 5.78. The number of hydrogen-bond acceptors (Lipinski definition) is 5. The van der Waals surface area contributed by atoms with Crippen molar-refractivity contribution < 1.29 is 13.2 Å². The smallest absolute Gasteiger partial charge is 0.313 e. The van der Waals surface area contributed by atoms with E-state index in [-0.39, 0.29) is 10.6 Å². The highest BCUT2D eigenvalue weighted by Gasteiger charge is 2.03. The van der Waals surface area contributed by atoms with Gasteiger partial charge in [0.05, 0.1) is 0 Å². The van der Waals surface area contributed by atoms with Crippen LogP contribution in [-0.4, -0.2) is 29.4 Å². The number of carbonyl (C=O) groups is 1. The van der Waals surface area contributed by atoms with Gasteiger partial charge in [0.2, 0.25) is 16.2 Å². The summed E-state index contributed by atoms with van der Waals surface area (Å²) in [5, 5.41) is 4.82. The van der Waals surface area contributed by atoms with Gasteiger partial charge in [-0.15, -0.1) is 0 Å². The van der Waals surface area contributed by atoms with Crippen LogP contribution in [0.3, 0.4) is 0 Å². The van der Waals surface area contributed by atoms with Crippen LogP contribution >= 0.6 is 0 Å². The second-order valence-corrected chi connectivity index (χ2v) is 4.22. The molecule has 2 heterocycles. The van der Waals surface area contributed by atoms with Crippen molar-refractivity contribution in [3.63, 3.8) is 0 Å². The summed E-state index contributed by atoms with van der Waals surface area (Å²) in [4.78, 5) is 21.7. The predicted octanol–water partition coefficient (Wildman–Crippen LogP) is 0.860. The number of aromatic nitrogens is 3. The number of nitrogens with zero attached hydrogens (tertiary/aromatic N) is 2. The normalized spacial score (nSPS) is 9.68. The Kier molecular flexibility index (Phi) is 3.88. The monoisotopic (exact) mass is 279 g/mol. The Morgan fingerprint density at radius 3 is 2.63 bits per heavy atom. The number of hydrogen-bond donors (Lipinski definition) is 3. The molecule has 19 heavy (non-hydrogen) atoms. The lowest BCUT2D eigenvalue weighted by Crippen LogP contribution is -2.21. The first-order chi connectivity index (χ1) is 9.15. The Morgan fingerprint density at radius 2 is 1.95 bits per heavy atom. The lowest BCUT2D eigenvalue weighted by molar-refractivity contribution is 0.262. The van der Waals surface area contributed by atoms with Crippen molar-refractivity contribution in [1.82, 2.24) is 15.0 Å². The molecule has 2 aromatic heterocycles. The van der Waals surface area contributed by atoms with Crippen molar-refractivity contribution >= 4 is 28.1 Å². The summed E-state index contributed by atoms with van der Waals surface area (Å²) in [5.74, 6) is 0.374. The zero-order valence-electron chi connectivity index (χ0n) is 9.49. The summed E-state index contributed by atoms with van der Waals surface area (Å²) in [5.41, 5.74) is 0. The van der Waals surface area contributed by atoms with Gasteiger partial charge in [0, 0.05) is 12.4 Å². The SMILES string of the molecule is O=C(Nc1ccccn1)Nc1nccc(=S(=O)=O)[nH]1. The highest BCUT2D eigenvalue weighted by Crippen LogP contribution is 2.01. The summed E-state index contributed by atoms with van der Waals surface area (Å²) < 4.78 is 21.4. The first-order valence-corrected chi connectivity index (χ1v) is 6.19. The Bertz CT molecular complexity index is 746. The molecular weight excluding hydrogens is 270 g/mol. The average Bonchev–Trinajstić information content (AvgIpc) is 2.40. The topological polar surface area (TPSA) is 117 Å². The molecule has 2 rings (SSSR count). The Balaban J connectivity index is 2.12. The molecule has 0 aliphatic carbocycles. The van der Waals surface area contributed by atoms with E-state index in [9.17, 15) is 13.2 Å². The number of amides is 2.